The maximum Gasteiger partial charge on any atom is 0.255 e. The molecule has 1 N–H and O–H groups in total. The molecular weight excluding hydrogens is 346 g/mol. The van der Waals surface area contributed by atoms with Gasteiger partial charge in [0.05, 0.1) is 28.4 Å². The first-order chi connectivity index (χ1) is 13.1. The molecule has 1 amide bonds. The van der Waals surface area contributed by atoms with Crippen LogP contribution in [-0.2, 0) is 0 Å². The van der Waals surface area contributed by atoms with Crippen LogP contribution in [-0.4, -0.2) is 34.3 Å². The molecule has 140 valence electrons. The van der Waals surface area contributed by atoms with E-state index >= 15 is 0 Å². The number of nitrogens with one attached hydrogen (secondary N) is 1. The Morgan fingerprint density at radius 3 is 1.89 bits per heavy atom. The third kappa shape index (κ3) is 3.46. The molecule has 0 radical (unpaired) electrons. The van der Waals surface area contributed by atoms with Gasteiger partial charge in [-0.15, -0.1) is 0 Å². The van der Waals surface area contributed by atoms with E-state index in [1.54, 1.807) is 19.2 Å². The molecule has 0 aromatic heterocycles. The van der Waals surface area contributed by atoms with Gasteiger partial charge in [0, 0.05) is 22.0 Å². The van der Waals surface area contributed by atoms with E-state index in [9.17, 15) is 4.79 Å². The lowest BCUT2D eigenvalue weighted by Gasteiger charge is -2.15. The molecule has 0 spiro atoms. The van der Waals surface area contributed by atoms with E-state index in [2.05, 4.69) is 5.32 Å². The van der Waals surface area contributed by atoms with Crippen molar-refractivity contribution in [3.63, 3.8) is 0 Å². The van der Waals surface area contributed by atoms with Crippen molar-refractivity contribution in [1.82, 2.24) is 0 Å². The molecule has 3 rings (SSSR count). The van der Waals surface area contributed by atoms with Crippen LogP contribution in [0.15, 0.2) is 48.5 Å². The fraction of sp³-hybridized carbons (Fsp3) is 0.190. The number of benzene rings is 3. The van der Waals surface area contributed by atoms with Crippen molar-refractivity contribution in [1.29, 1.82) is 0 Å². The quantitative estimate of drug-likeness (QED) is 0.710. The van der Waals surface area contributed by atoms with Gasteiger partial charge in [-0.1, -0.05) is 24.3 Å². The Morgan fingerprint density at radius 1 is 0.741 bits per heavy atom. The van der Waals surface area contributed by atoms with E-state index in [-0.39, 0.29) is 5.91 Å². The first-order valence-electron chi connectivity index (χ1n) is 8.30. The van der Waals surface area contributed by atoms with Crippen molar-refractivity contribution >= 4 is 22.4 Å². The zero-order chi connectivity index (χ0) is 19.4. The summed E-state index contributed by atoms with van der Waals surface area (Å²) in [6, 6.07) is 14.6. The molecule has 27 heavy (non-hydrogen) atoms. The maximum atomic E-state index is 12.9. The molecule has 6 heteroatoms. The molecule has 0 aliphatic carbocycles. The Labute approximate surface area is 157 Å². The maximum absolute atomic E-state index is 12.9. The van der Waals surface area contributed by atoms with E-state index < -0.39 is 0 Å². The Morgan fingerprint density at radius 2 is 1.33 bits per heavy atom. The van der Waals surface area contributed by atoms with Crippen LogP contribution in [0.3, 0.4) is 0 Å². The summed E-state index contributed by atoms with van der Waals surface area (Å²) in [4.78, 5) is 12.9. The van der Waals surface area contributed by atoms with Crippen molar-refractivity contribution in [2.24, 2.45) is 0 Å². The van der Waals surface area contributed by atoms with Gasteiger partial charge in [0.25, 0.3) is 5.91 Å². The number of fused-ring (bicyclic) bond motifs is 1. The zero-order valence-corrected chi connectivity index (χ0v) is 15.7. The standard InChI is InChI=1S/C21H21NO5/c1-24-17-10-9-16(14-7-5-6-8-15(14)17)22-21(23)13-11-18(25-2)20(27-4)19(12-13)26-3/h5-12H,1-4H3,(H,22,23). The largest absolute Gasteiger partial charge is 0.496 e. The molecule has 0 atom stereocenters. The first kappa shape index (κ1) is 18.4. The van der Waals surface area contributed by atoms with E-state index in [4.69, 9.17) is 18.9 Å². The van der Waals surface area contributed by atoms with Crippen molar-refractivity contribution in [3.8, 4) is 23.0 Å². The summed E-state index contributed by atoms with van der Waals surface area (Å²) in [5.74, 6) is 1.73. The lowest BCUT2D eigenvalue weighted by molar-refractivity contribution is 0.102. The number of methoxy groups -OCH3 is 4. The van der Waals surface area contributed by atoms with Gasteiger partial charge in [-0.05, 0) is 24.3 Å². The van der Waals surface area contributed by atoms with Gasteiger partial charge in [0.1, 0.15) is 5.75 Å². The van der Waals surface area contributed by atoms with Crippen molar-refractivity contribution < 1.29 is 23.7 Å². The topological polar surface area (TPSA) is 66.0 Å². The van der Waals surface area contributed by atoms with E-state index in [0.29, 0.717) is 28.5 Å². The van der Waals surface area contributed by atoms with Crippen LogP contribution in [0.25, 0.3) is 10.8 Å². The minimum atomic E-state index is -0.287. The van der Waals surface area contributed by atoms with E-state index in [1.165, 1.54) is 21.3 Å². The molecule has 6 nitrogen and oxygen atoms in total. The number of anilines is 1. The Hall–Kier alpha value is -3.41. The second-order valence-electron chi connectivity index (χ2n) is 5.73. The Bertz CT molecular complexity index is 958. The van der Waals surface area contributed by atoms with Crippen LogP contribution in [0.5, 0.6) is 23.0 Å². The van der Waals surface area contributed by atoms with Gasteiger partial charge in [-0.3, -0.25) is 4.79 Å². The lowest BCUT2D eigenvalue weighted by Crippen LogP contribution is -2.13. The third-order valence-electron chi connectivity index (χ3n) is 4.28. The molecular formula is C21H21NO5. The summed E-state index contributed by atoms with van der Waals surface area (Å²) in [5, 5.41) is 4.75. The number of carbonyl (C=O) groups is 1. The third-order valence-corrected chi connectivity index (χ3v) is 4.28. The zero-order valence-electron chi connectivity index (χ0n) is 15.7. The molecule has 0 unspecified atom stereocenters. The molecule has 0 saturated carbocycles. The van der Waals surface area contributed by atoms with E-state index in [1.807, 2.05) is 36.4 Å². The van der Waals surface area contributed by atoms with Crippen molar-refractivity contribution in [2.45, 2.75) is 0 Å². The number of hydrogen-bond acceptors (Lipinski definition) is 5. The monoisotopic (exact) mass is 367 g/mol. The van der Waals surface area contributed by atoms with Crippen LogP contribution in [0.2, 0.25) is 0 Å². The molecule has 0 bridgehead atoms. The number of rotatable bonds is 6. The number of amides is 1. The van der Waals surface area contributed by atoms with Crippen LogP contribution >= 0.6 is 0 Å². The smallest absolute Gasteiger partial charge is 0.255 e. The summed E-state index contributed by atoms with van der Waals surface area (Å²) in [6.45, 7) is 0. The summed E-state index contributed by atoms with van der Waals surface area (Å²) >= 11 is 0. The number of hydrogen-bond donors (Lipinski definition) is 1. The molecule has 3 aromatic carbocycles. The van der Waals surface area contributed by atoms with Gasteiger partial charge in [-0.2, -0.15) is 0 Å². The SMILES string of the molecule is COc1cc(C(=O)Nc2ccc(OC)c3ccccc23)cc(OC)c1OC. The first-order valence-corrected chi connectivity index (χ1v) is 8.30. The second-order valence-corrected chi connectivity index (χ2v) is 5.73. The predicted molar refractivity (Wildman–Crippen MR) is 105 cm³/mol. The van der Waals surface area contributed by atoms with Gasteiger partial charge in [-0.25, -0.2) is 0 Å². The highest BCUT2D eigenvalue weighted by Gasteiger charge is 2.18. The van der Waals surface area contributed by atoms with Gasteiger partial charge < -0.3 is 24.3 Å². The second kappa shape index (κ2) is 7.86. The Kier molecular flexibility index (Phi) is 5.35. The van der Waals surface area contributed by atoms with Crippen LogP contribution < -0.4 is 24.3 Å². The minimum absolute atomic E-state index is 0.287. The lowest BCUT2D eigenvalue weighted by atomic mass is 10.1. The number of carbonyl (C=O) groups excluding carboxylic acids is 1. The summed E-state index contributed by atoms with van der Waals surface area (Å²) in [7, 11) is 6.16. The minimum Gasteiger partial charge on any atom is -0.496 e. The molecule has 0 saturated heterocycles. The Balaban J connectivity index is 2.00. The van der Waals surface area contributed by atoms with Crippen molar-refractivity contribution in [3.05, 3.63) is 54.1 Å². The molecule has 0 heterocycles. The summed E-state index contributed by atoms with van der Waals surface area (Å²) < 4.78 is 21.3. The van der Waals surface area contributed by atoms with Crippen molar-refractivity contribution in [2.75, 3.05) is 33.8 Å². The summed E-state index contributed by atoms with van der Waals surface area (Å²) in [6.07, 6.45) is 0. The average Bonchev–Trinajstić information content (AvgIpc) is 2.72. The van der Waals surface area contributed by atoms with Crippen LogP contribution in [0.4, 0.5) is 5.69 Å². The fourth-order valence-electron chi connectivity index (χ4n) is 2.97. The fourth-order valence-corrected chi connectivity index (χ4v) is 2.97. The highest BCUT2D eigenvalue weighted by molar-refractivity contribution is 6.10. The highest BCUT2D eigenvalue weighted by Crippen LogP contribution is 2.38. The normalized spacial score (nSPS) is 10.4. The molecule has 3 aromatic rings. The predicted octanol–water partition coefficient (Wildman–Crippen LogP) is 4.13. The summed E-state index contributed by atoms with van der Waals surface area (Å²) in [5.41, 5.74) is 1.08. The van der Waals surface area contributed by atoms with Gasteiger partial charge in [0.15, 0.2) is 11.5 Å². The molecule has 0 fully saturated rings. The average molecular weight is 367 g/mol. The van der Waals surface area contributed by atoms with Gasteiger partial charge >= 0.3 is 0 Å². The highest BCUT2D eigenvalue weighted by atomic mass is 16.5. The van der Waals surface area contributed by atoms with Crippen LogP contribution in [0.1, 0.15) is 10.4 Å². The van der Waals surface area contributed by atoms with E-state index in [0.717, 1.165) is 16.5 Å². The number of ether oxygens (including phenoxy) is 4. The molecule has 0 aliphatic heterocycles. The van der Waals surface area contributed by atoms with Crippen LogP contribution in [0, 0.1) is 0 Å². The van der Waals surface area contributed by atoms with Gasteiger partial charge in [0.2, 0.25) is 5.75 Å². The molecule has 0 aliphatic rings.